The molecule has 98 valence electrons. The van der Waals surface area contributed by atoms with Crippen LogP contribution in [0.25, 0.3) is 0 Å². The maximum atomic E-state index is 11.9. The first-order valence-corrected chi connectivity index (χ1v) is 7.34. The molecule has 0 aromatic heterocycles. The summed E-state index contributed by atoms with van der Waals surface area (Å²) in [5, 5.41) is 2.93. The van der Waals surface area contributed by atoms with Gasteiger partial charge in [-0.15, -0.1) is 11.8 Å². The maximum absolute atomic E-state index is 11.9. The van der Waals surface area contributed by atoms with E-state index in [0.717, 1.165) is 18.6 Å². The zero-order valence-electron chi connectivity index (χ0n) is 10.7. The third-order valence-electron chi connectivity index (χ3n) is 3.31. The average Bonchev–Trinajstić information content (AvgIpc) is 3.20. The lowest BCUT2D eigenvalue weighted by atomic mass is 9.96. The molecule has 1 amide bonds. The highest BCUT2D eigenvalue weighted by atomic mass is 32.2. The number of nitrogens with two attached hydrogens (primary N) is 1. The van der Waals surface area contributed by atoms with Crippen molar-refractivity contribution < 1.29 is 4.79 Å². The van der Waals surface area contributed by atoms with E-state index in [4.69, 9.17) is 5.73 Å². The summed E-state index contributed by atoms with van der Waals surface area (Å²) in [7, 11) is 0. The fourth-order valence-electron chi connectivity index (χ4n) is 1.91. The zero-order valence-corrected chi connectivity index (χ0v) is 11.5. The van der Waals surface area contributed by atoms with Gasteiger partial charge < -0.3 is 11.1 Å². The summed E-state index contributed by atoms with van der Waals surface area (Å²) in [5.74, 6) is 1.23. The number of carbonyl (C=O) groups excluding carboxylic acids is 1. The lowest BCUT2D eigenvalue weighted by Crippen LogP contribution is -2.53. The molecule has 1 aliphatic carbocycles. The van der Waals surface area contributed by atoms with Crippen LogP contribution in [0.4, 0.5) is 0 Å². The van der Waals surface area contributed by atoms with E-state index in [1.165, 1.54) is 4.90 Å². The van der Waals surface area contributed by atoms with E-state index in [1.54, 1.807) is 11.8 Å². The van der Waals surface area contributed by atoms with Gasteiger partial charge in [-0.25, -0.2) is 0 Å². The second-order valence-corrected chi connectivity index (χ2v) is 6.14. The molecule has 2 rings (SSSR count). The van der Waals surface area contributed by atoms with Crippen LogP contribution in [0.1, 0.15) is 19.8 Å². The summed E-state index contributed by atoms with van der Waals surface area (Å²) in [5.41, 5.74) is 5.36. The Hall–Kier alpha value is -1.00. The smallest absolute Gasteiger partial charge is 0.240 e. The average molecular weight is 264 g/mol. The monoisotopic (exact) mass is 264 g/mol. The molecular formula is C14H20N2OS. The molecule has 3 N–H and O–H groups in total. The predicted molar refractivity (Wildman–Crippen MR) is 75.5 cm³/mol. The van der Waals surface area contributed by atoms with Crippen molar-refractivity contribution in [2.24, 2.45) is 11.7 Å². The van der Waals surface area contributed by atoms with Gasteiger partial charge in [0, 0.05) is 17.2 Å². The van der Waals surface area contributed by atoms with Crippen LogP contribution in [0.15, 0.2) is 35.2 Å². The van der Waals surface area contributed by atoms with Gasteiger partial charge in [-0.2, -0.15) is 0 Å². The van der Waals surface area contributed by atoms with E-state index in [1.807, 2.05) is 25.1 Å². The van der Waals surface area contributed by atoms with Crippen LogP contribution < -0.4 is 11.1 Å². The van der Waals surface area contributed by atoms with E-state index in [9.17, 15) is 4.79 Å². The van der Waals surface area contributed by atoms with Crippen molar-refractivity contribution in [1.29, 1.82) is 0 Å². The number of amides is 1. The molecule has 0 heterocycles. The molecule has 3 nitrogen and oxygen atoms in total. The Labute approximate surface area is 113 Å². The largest absolute Gasteiger partial charge is 0.354 e. The molecule has 0 saturated heterocycles. The number of nitrogens with one attached hydrogen (secondary N) is 1. The van der Waals surface area contributed by atoms with Crippen molar-refractivity contribution in [1.82, 2.24) is 5.32 Å². The molecular weight excluding hydrogens is 244 g/mol. The second kappa shape index (κ2) is 5.76. The van der Waals surface area contributed by atoms with E-state index < -0.39 is 5.54 Å². The lowest BCUT2D eigenvalue weighted by Gasteiger charge is -2.23. The molecule has 0 bridgehead atoms. The minimum atomic E-state index is -0.683. The summed E-state index contributed by atoms with van der Waals surface area (Å²) in [6.45, 7) is 2.50. The van der Waals surface area contributed by atoms with E-state index in [0.29, 0.717) is 12.5 Å². The number of carbonyl (C=O) groups is 1. The Bertz CT molecular complexity index is 402. The second-order valence-electron chi connectivity index (χ2n) is 4.97. The van der Waals surface area contributed by atoms with Gasteiger partial charge in [-0.3, -0.25) is 4.79 Å². The third kappa shape index (κ3) is 3.50. The van der Waals surface area contributed by atoms with Crippen molar-refractivity contribution >= 4 is 17.7 Å². The van der Waals surface area contributed by atoms with E-state index in [-0.39, 0.29) is 5.91 Å². The van der Waals surface area contributed by atoms with Gasteiger partial charge in [0.25, 0.3) is 0 Å². The minimum absolute atomic E-state index is 0.0151. The van der Waals surface area contributed by atoms with Crippen LogP contribution in [0.2, 0.25) is 0 Å². The third-order valence-corrected chi connectivity index (χ3v) is 4.33. The van der Waals surface area contributed by atoms with Crippen LogP contribution in [0, 0.1) is 5.92 Å². The van der Waals surface area contributed by atoms with Gasteiger partial charge in [-0.05, 0) is 37.8 Å². The molecule has 18 heavy (non-hydrogen) atoms. The van der Waals surface area contributed by atoms with E-state index in [2.05, 4.69) is 17.4 Å². The van der Waals surface area contributed by atoms with Crippen molar-refractivity contribution in [2.75, 3.05) is 12.3 Å². The van der Waals surface area contributed by atoms with Gasteiger partial charge in [0.05, 0.1) is 5.54 Å². The molecule has 1 aromatic rings. The number of thioether (sulfide) groups is 1. The zero-order chi connectivity index (χ0) is 13.0. The van der Waals surface area contributed by atoms with Gasteiger partial charge >= 0.3 is 0 Å². The standard InChI is InChI=1S/C14H20N2OS/c1-14(15,11-7-8-11)13(17)16-9-10-18-12-5-3-2-4-6-12/h2-6,11H,7-10,15H2,1H3,(H,16,17). The fraction of sp³-hybridized carbons (Fsp3) is 0.500. The summed E-state index contributed by atoms with van der Waals surface area (Å²) < 4.78 is 0. The molecule has 1 aromatic carbocycles. The van der Waals surface area contributed by atoms with Crippen LogP contribution in [-0.4, -0.2) is 23.7 Å². The number of benzene rings is 1. The Morgan fingerprint density at radius 1 is 1.44 bits per heavy atom. The number of hydrogen-bond acceptors (Lipinski definition) is 3. The Kier molecular flexibility index (Phi) is 4.30. The maximum Gasteiger partial charge on any atom is 0.240 e. The Balaban J connectivity index is 1.68. The SMILES string of the molecule is CC(N)(C(=O)NCCSc1ccccc1)C1CC1. The van der Waals surface area contributed by atoms with E-state index >= 15 is 0 Å². The van der Waals surface area contributed by atoms with Crippen LogP contribution in [-0.2, 0) is 4.79 Å². The lowest BCUT2D eigenvalue weighted by molar-refractivity contribution is -0.126. The first-order chi connectivity index (χ1) is 8.60. The summed E-state index contributed by atoms with van der Waals surface area (Å²) in [4.78, 5) is 13.1. The first-order valence-electron chi connectivity index (χ1n) is 6.36. The van der Waals surface area contributed by atoms with Gasteiger partial charge in [0.2, 0.25) is 5.91 Å². The molecule has 1 aliphatic rings. The molecule has 1 fully saturated rings. The van der Waals surface area contributed by atoms with Gasteiger partial charge in [-0.1, -0.05) is 18.2 Å². The predicted octanol–water partition coefficient (Wildman–Crippen LogP) is 2.02. The van der Waals surface area contributed by atoms with Crippen molar-refractivity contribution in [3.8, 4) is 0 Å². The summed E-state index contributed by atoms with van der Waals surface area (Å²) in [6.07, 6.45) is 2.17. The molecule has 1 saturated carbocycles. The van der Waals surface area contributed by atoms with Crippen LogP contribution in [0.3, 0.4) is 0 Å². The summed E-state index contributed by atoms with van der Waals surface area (Å²) >= 11 is 1.74. The van der Waals surface area contributed by atoms with Crippen molar-refractivity contribution in [3.63, 3.8) is 0 Å². The van der Waals surface area contributed by atoms with Gasteiger partial charge in [0.1, 0.15) is 0 Å². The van der Waals surface area contributed by atoms with Crippen molar-refractivity contribution in [3.05, 3.63) is 30.3 Å². The summed E-state index contributed by atoms with van der Waals surface area (Å²) in [6, 6.07) is 10.2. The van der Waals surface area contributed by atoms with Crippen molar-refractivity contribution in [2.45, 2.75) is 30.2 Å². The molecule has 1 atom stereocenters. The first kappa shape index (κ1) is 13.4. The van der Waals surface area contributed by atoms with Crippen LogP contribution in [0.5, 0.6) is 0 Å². The molecule has 0 radical (unpaired) electrons. The minimum Gasteiger partial charge on any atom is -0.354 e. The topological polar surface area (TPSA) is 55.1 Å². The van der Waals surface area contributed by atoms with Gasteiger partial charge in [0.15, 0.2) is 0 Å². The molecule has 0 spiro atoms. The fourth-order valence-corrected chi connectivity index (χ4v) is 2.70. The Morgan fingerprint density at radius 3 is 2.72 bits per heavy atom. The quantitative estimate of drug-likeness (QED) is 0.610. The number of hydrogen-bond donors (Lipinski definition) is 2. The molecule has 4 heteroatoms. The Morgan fingerprint density at radius 2 is 2.11 bits per heavy atom. The highest BCUT2D eigenvalue weighted by Crippen LogP contribution is 2.38. The highest BCUT2D eigenvalue weighted by Gasteiger charge is 2.43. The molecule has 0 aliphatic heterocycles. The highest BCUT2D eigenvalue weighted by molar-refractivity contribution is 7.99. The number of rotatable bonds is 6. The normalized spacial score (nSPS) is 18.1. The van der Waals surface area contributed by atoms with Crippen LogP contribution >= 0.6 is 11.8 Å². The molecule has 1 unspecified atom stereocenters.